The fourth-order valence-corrected chi connectivity index (χ4v) is 4.82. The third-order valence-corrected chi connectivity index (χ3v) is 6.29. The molecule has 4 rings (SSSR count). The van der Waals surface area contributed by atoms with Gasteiger partial charge in [0.15, 0.2) is 10.9 Å². The Hall–Kier alpha value is -2.65. The maximum Gasteiger partial charge on any atom is 0.261 e. The van der Waals surface area contributed by atoms with E-state index < -0.39 is 16.1 Å². The second-order valence-electron chi connectivity index (χ2n) is 6.12. The molecule has 3 aromatic rings. The Balaban J connectivity index is 1.72. The number of tetrazole rings is 1. The fourth-order valence-electron chi connectivity index (χ4n) is 3.21. The molecular formula is C17H18N6O2S. The van der Waals surface area contributed by atoms with Gasteiger partial charge >= 0.3 is 0 Å². The molecule has 0 radical (unpaired) electrons. The van der Waals surface area contributed by atoms with E-state index in [1.54, 1.807) is 12.1 Å². The summed E-state index contributed by atoms with van der Waals surface area (Å²) in [6, 6.07) is 14.1. The standard InChI is InChI=1S/C17H18N6O2S/c24-26(25,23-12-5-4-10-15(23)17-19-21-22-20-17)16-11-6-9-14(18-16)13-7-2-1-3-8-13/h1-3,6-9,11,15H,4-5,10,12H2,(H,19,20,21,22)/t15-/m0/s1. The molecule has 2 aromatic heterocycles. The predicted octanol–water partition coefficient (Wildman–Crippen LogP) is 2.18. The van der Waals surface area contributed by atoms with Gasteiger partial charge in [-0.3, -0.25) is 0 Å². The van der Waals surface area contributed by atoms with Crippen molar-refractivity contribution in [1.82, 2.24) is 29.9 Å². The van der Waals surface area contributed by atoms with E-state index in [4.69, 9.17) is 0 Å². The maximum atomic E-state index is 13.3. The molecule has 1 N–H and O–H groups in total. The molecule has 0 spiro atoms. The van der Waals surface area contributed by atoms with Gasteiger partial charge in [0.25, 0.3) is 10.0 Å². The Morgan fingerprint density at radius 1 is 1.04 bits per heavy atom. The van der Waals surface area contributed by atoms with Crippen LogP contribution in [0.15, 0.2) is 53.6 Å². The molecule has 0 saturated carbocycles. The van der Waals surface area contributed by atoms with Gasteiger partial charge in [0.05, 0.1) is 11.7 Å². The number of hydrogen-bond acceptors (Lipinski definition) is 6. The highest BCUT2D eigenvalue weighted by Gasteiger charge is 2.37. The highest BCUT2D eigenvalue weighted by atomic mass is 32.2. The van der Waals surface area contributed by atoms with Crippen molar-refractivity contribution < 1.29 is 8.42 Å². The van der Waals surface area contributed by atoms with Crippen LogP contribution in [-0.4, -0.2) is 44.9 Å². The number of nitrogens with one attached hydrogen (secondary N) is 1. The van der Waals surface area contributed by atoms with Crippen LogP contribution in [0.4, 0.5) is 0 Å². The van der Waals surface area contributed by atoms with Gasteiger partial charge in [-0.1, -0.05) is 48.0 Å². The van der Waals surface area contributed by atoms with Gasteiger partial charge in [-0.15, -0.1) is 10.2 Å². The van der Waals surface area contributed by atoms with E-state index in [2.05, 4.69) is 25.6 Å². The first-order valence-electron chi connectivity index (χ1n) is 8.44. The topological polar surface area (TPSA) is 105 Å². The summed E-state index contributed by atoms with van der Waals surface area (Å²) >= 11 is 0. The number of H-pyrrole nitrogens is 1. The van der Waals surface area contributed by atoms with E-state index in [0.717, 1.165) is 18.4 Å². The Kier molecular flexibility index (Phi) is 4.48. The fraction of sp³-hybridized carbons (Fsp3) is 0.294. The van der Waals surface area contributed by atoms with E-state index in [1.807, 2.05) is 30.3 Å². The SMILES string of the molecule is O=S(=O)(c1cccc(-c2ccccc2)n1)N1CCCC[C@H]1c1nn[nH]n1. The van der Waals surface area contributed by atoms with Gasteiger partial charge in [-0.2, -0.15) is 9.52 Å². The molecule has 0 amide bonds. The van der Waals surface area contributed by atoms with Crippen LogP contribution >= 0.6 is 0 Å². The number of sulfonamides is 1. The molecule has 1 saturated heterocycles. The van der Waals surface area contributed by atoms with Crippen LogP contribution in [0.25, 0.3) is 11.3 Å². The first-order chi connectivity index (χ1) is 12.7. The van der Waals surface area contributed by atoms with Crippen molar-refractivity contribution in [3.05, 3.63) is 54.4 Å². The van der Waals surface area contributed by atoms with Crippen LogP contribution in [0.3, 0.4) is 0 Å². The average Bonchev–Trinajstić information content (AvgIpc) is 3.23. The predicted molar refractivity (Wildman–Crippen MR) is 94.3 cm³/mol. The van der Waals surface area contributed by atoms with Gasteiger partial charge in [0.1, 0.15) is 0 Å². The average molecular weight is 370 g/mol. The first kappa shape index (κ1) is 16.8. The lowest BCUT2D eigenvalue weighted by Gasteiger charge is -2.32. The molecule has 1 aromatic carbocycles. The molecule has 0 aliphatic carbocycles. The van der Waals surface area contributed by atoms with Gasteiger partial charge < -0.3 is 0 Å². The number of rotatable bonds is 4. The van der Waals surface area contributed by atoms with Crippen LogP contribution < -0.4 is 0 Å². The zero-order valence-corrected chi connectivity index (χ0v) is 14.8. The smallest absolute Gasteiger partial charge is 0.235 e. The van der Waals surface area contributed by atoms with Crippen molar-refractivity contribution in [3.8, 4) is 11.3 Å². The van der Waals surface area contributed by atoms with E-state index in [0.29, 0.717) is 24.5 Å². The second kappa shape index (κ2) is 6.93. The summed E-state index contributed by atoms with van der Waals surface area (Å²) in [7, 11) is -3.77. The zero-order chi connectivity index (χ0) is 18.0. The monoisotopic (exact) mass is 370 g/mol. The number of aromatic nitrogens is 5. The van der Waals surface area contributed by atoms with E-state index in [9.17, 15) is 8.42 Å². The van der Waals surface area contributed by atoms with Crippen molar-refractivity contribution in [1.29, 1.82) is 0 Å². The molecule has 0 bridgehead atoms. The summed E-state index contributed by atoms with van der Waals surface area (Å²) in [6.07, 6.45) is 2.38. The van der Waals surface area contributed by atoms with Crippen LogP contribution in [-0.2, 0) is 10.0 Å². The van der Waals surface area contributed by atoms with Crippen LogP contribution in [0, 0.1) is 0 Å². The quantitative estimate of drug-likeness (QED) is 0.755. The molecule has 1 fully saturated rings. The normalized spacial score (nSPS) is 18.7. The summed E-state index contributed by atoms with van der Waals surface area (Å²) in [4.78, 5) is 4.41. The number of pyridine rings is 1. The maximum absolute atomic E-state index is 13.3. The molecule has 9 heteroatoms. The van der Waals surface area contributed by atoms with Crippen molar-refractivity contribution in [2.45, 2.75) is 30.3 Å². The molecule has 3 heterocycles. The minimum Gasteiger partial charge on any atom is -0.235 e. The van der Waals surface area contributed by atoms with Gasteiger partial charge in [-0.25, -0.2) is 13.4 Å². The third kappa shape index (κ3) is 3.11. The van der Waals surface area contributed by atoms with Crippen molar-refractivity contribution >= 4 is 10.0 Å². The Labute approximate surface area is 151 Å². The van der Waals surface area contributed by atoms with Crippen LogP contribution in [0.5, 0.6) is 0 Å². The Bertz CT molecular complexity index is 976. The highest BCUT2D eigenvalue weighted by molar-refractivity contribution is 7.89. The van der Waals surface area contributed by atoms with Gasteiger partial charge in [-0.05, 0) is 25.0 Å². The summed E-state index contributed by atoms with van der Waals surface area (Å²) in [5, 5.41) is 14.0. The van der Waals surface area contributed by atoms with Gasteiger partial charge in [0, 0.05) is 12.1 Å². The van der Waals surface area contributed by atoms with Gasteiger partial charge in [0.2, 0.25) is 0 Å². The lowest BCUT2D eigenvalue weighted by molar-refractivity contribution is 0.246. The molecule has 1 aliphatic heterocycles. The molecule has 8 nitrogen and oxygen atoms in total. The van der Waals surface area contributed by atoms with E-state index in [-0.39, 0.29) is 5.03 Å². The molecule has 26 heavy (non-hydrogen) atoms. The minimum atomic E-state index is -3.77. The number of piperidine rings is 1. The number of benzene rings is 1. The second-order valence-corrected chi connectivity index (χ2v) is 7.96. The lowest BCUT2D eigenvalue weighted by atomic mass is 10.0. The van der Waals surface area contributed by atoms with Crippen LogP contribution in [0.2, 0.25) is 0 Å². The highest BCUT2D eigenvalue weighted by Crippen LogP contribution is 2.33. The van der Waals surface area contributed by atoms with Crippen molar-refractivity contribution in [2.75, 3.05) is 6.54 Å². The summed E-state index contributed by atoms with van der Waals surface area (Å²) in [5.41, 5.74) is 1.50. The largest absolute Gasteiger partial charge is 0.261 e. The molecule has 134 valence electrons. The zero-order valence-electron chi connectivity index (χ0n) is 14.0. The third-order valence-electron chi connectivity index (χ3n) is 4.48. The van der Waals surface area contributed by atoms with Crippen molar-refractivity contribution in [2.24, 2.45) is 0 Å². The molecule has 1 aliphatic rings. The van der Waals surface area contributed by atoms with E-state index >= 15 is 0 Å². The minimum absolute atomic E-state index is 0.0363. The molecule has 1 atom stereocenters. The first-order valence-corrected chi connectivity index (χ1v) is 9.88. The van der Waals surface area contributed by atoms with E-state index in [1.165, 1.54) is 10.4 Å². The number of hydrogen-bond donors (Lipinski definition) is 1. The Morgan fingerprint density at radius 3 is 2.65 bits per heavy atom. The molecule has 0 unspecified atom stereocenters. The van der Waals surface area contributed by atoms with Crippen LogP contribution in [0.1, 0.15) is 31.1 Å². The number of nitrogens with zero attached hydrogens (tertiary/aromatic N) is 5. The molecular weight excluding hydrogens is 352 g/mol. The summed E-state index contributed by atoms with van der Waals surface area (Å²) in [5.74, 6) is 0.396. The Morgan fingerprint density at radius 2 is 1.88 bits per heavy atom. The number of aromatic amines is 1. The van der Waals surface area contributed by atoms with Crippen molar-refractivity contribution in [3.63, 3.8) is 0 Å². The lowest BCUT2D eigenvalue weighted by Crippen LogP contribution is -2.39. The summed E-state index contributed by atoms with van der Waals surface area (Å²) < 4.78 is 28.0. The summed E-state index contributed by atoms with van der Waals surface area (Å²) in [6.45, 7) is 0.415.